The molecule has 1 atom stereocenters. The van der Waals surface area contributed by atoms with Crippen LogP contribution in [0, 0.1) is 0 Å². The van der Waals surface area contributed by atoms with Gasteiger partial charge >= 0.3 is 0 Å². The summed E-state index contributed by atoms with van der Waals surface area (Å²) >= 11 is 0. The predicted molar refractivity (Wildman–Crippen MR) is 67.4 cm³/mol. The Balaban J connectivity index is 2.27. The van der Waals surface area contributed by atoms with Gasteiger partial charge in [-0.15, -0.1) is 0 Å². The number of piperazine rings is 1. The minimum Gasteiger partial charge on any atom is -0.373 e. The number of hydrogen-bond donors (Lipinski definition) is 2. The largest absolute Gasteiger partial charge is 0.373 e. The topological polar surface area (TPSA) is 91.4 Å². The Kier molecular flexibility index (Phi) is 3.46. The highest BCUT2D eigenvalue weighted by Crippen LogP contribution is 2.13. The molecule has 1 unspecified atom stereocenters. The summed E-state index contributed by atoms with van der Waals surface area (Å²) in [5.74, 6) is -0.757. The van der Waals surface area contributed by atoms with Crippen molar-refractivity contribution in [2.45, 2.75) is 13.0 Å². The number of carbonyl (C=O) groups is 3. The van der Waals surface area contributed by atoms with E-state index in [-0.39, 0.29) is 12.5 Å². The number of nitrogens with zero attached hydrogens (tertiary/aromatic N) is 2. The predicted octanol–water partition coefficient (Wildman–Crippen LogP) is -0.390. The molecule has 2 rings (SSSR count). The summed E-state index contributed by atoms with van der Waals surface area (Å²) in [6, 6.07) is 2.45. The highest BCUT2D eigenvalue weighted by Gasteiger charge is 2.33. The molecule has 2 N–H and O–H groups in total. The number of carbonyl (C=O) groups excluding carboxylic acids is 3. The van der Waals surface area contributed by atoms with Gasteiger partial charge in [0.15, 0.2) is 0 Å². The second-order valence-corrected chi connectivity index (χ2v) is 4.20. The molecule has 1 aromatic heterocycles. The standard InChI is InChI=1S/C12H14N4O3/c1-7-11(18)15-10(17)6-16(7)12(19)8-3-4-14-9(5-8)13-2/h3-5,7H,6H2,1-2H3,(H,13,14)(H,15,17,18). The summed E-state index contributed by atoms with van der Waals surface area (Å²) in [6.45, 7) is 1.46. The lowest BCUT2D eigenvalue weighted by Gasteiger charge is -2.31. The van der Waals surface area contributed by atoms with Crippen LogP contribution >= 0.6 is 0 Å². The van der Waals surface area contributed by atoms with Gasteiger partial charge in [0.2, 0.25) is 11.8 Å². The molecule has 0 bridgehead atoms. The molecule has 1 aromatic rings. The van der Waals surface area contributed by atoms with E-state index in [1.807, 2.05) is 0 Å². The van der Waals surface area contributed by atoms with Gasteiger partial charge in [-0.1, -0.05) is 0 Å². The van der Waals surface area contributed by atoms with Crippen LogP contribution in [-0.4, -0.2) is 47.2 Å². The fourth-order valence-corrected chi connectivity index (χ4v) is 1.83. The number of aromatic nitrogens is 1. The lowest BCUT2D eigenvalue weighted by molar-refractivity contribution is -0.138. The molecule has 1 aliphatic rings. The zero-order valence-corrected chi connectivity index (χ0v) is 10.6. The van der Waals surface area contributed by atoms with Crippen molar-refractivity contribution in [3.8, 4) is 0 Å². The van der Waals surface area contributed by atoms with Gasteiger partial charge in [0.1, 0.15) is 18.4 Å². The molecule has 0 aliphatic carbocycles. The number of hydrogen-bond acceptors (Lipinski definition) is 5. The fourth-order valence-electron chi connectivity index (χ4n) is 1.83. The first-order valence-electron chi connectivity index (χ1n) is 5.81. The molecule has 1 saturated heterocycles. The van der Waals surface area contributed by atoms with Gasteiger partial charge in [-0.25, -0.2) is 4.98 Å². The summed E-state index contributed by atoms with van der Waals surface area (Å²) in [7, 11) is 1.69. The van der Waals surface area contributed by atoms with E-state index in [0.717, 1.165) is 0 Å². The van der Waals surface area contributed by atoms with Crippen LogP contribution in [0.5, 0.6) is 0 Å². The van der Waals surface area contributed by atoms with Crippen molar-refractivity contribution < 1.29 is 14.4 Å². The third-order valence-corrected chi connectivity index (χ3v) is 2.95. The average molecular weight is 262 g/mol. The van der Waals surface area contributed by atoms with Crippen LogP contribution in [0.1, 0.15) is 17.3 Å². The Morgan fingerprint density at radius 1 is 1.53 bits per heavy atom. The van der Waals surface area contributed by atoms with E-state index in [1.165, 1.54) is 11.1 Å². The van der Waals surface area contributed by atoms with E-state index in [9.17, 15) is 14.4 Å². The van der Waals surface area contributed by atoms with Crippen LogP contribution in [0.15, 0.2) is 18.3 Å². The van der Waals surface area contributed by atoms with Gasteiger partial charge in [-0.3, -0.25) is 19.7 Å². The molecule has 0 radical (unpaired) electrons. The zero-order chi connectivity index (χ0) is 14.0. The van der Waals surface area contributed by atoms with Crippen molar-refractivity contribution in [1.82, 2.24) is 15.2 Å². The summed E-state index contributed by atoms with van der Waals surface area (Å²) in [6.07, 6.45) is 1.50. The summed E-state index contributed by atoms with van der Waals surface area (Å²) in [5, 5.41) is 5.02. The molecule has 19 heavy (non-hydrogen) atoms. The number of pyridine rings is 1. The van der Waals surface area contributed by atoms with Gasteiger partial charge in [0, 0.05) is 18.8 Å². The van der Waals surface area contributed by atoms with E-state index in [4.69, 9.17) is 0 Å². The van der Waals surface area contributed by atoms with E-state index in [2.05, 4.69) is 15.6 Å². The number of imide groups is 1. The lowest BCUT2D eigenvalue weighted by Crippen LogP contribution is -2.58. The van der Waals surface area contributed by atoms with Crippen LogP contribution in [-0.2, 0) is 9.59 Å². The number of anilines is 1. The Bertz CT molecular complexity index is 544. The van der Waals surface area contributed by atoms with Crippen molar-refractivity contribution >= 4 is 23.5 Å². The molecular formula is C12H14N4O3. The summed E-state index contributed by atoms with van der Waals surface area (Å²) in [4.78, 5) is 40.4. The third-order valence-electron chi connectivity index (χ3n) is 2.95. The van der Waals surface area contributed by atoms with Crippen molar-refractivity contribution in [3.63, 3.8) is 0 Å². The maximum absolute atomic E-state index is 12.3. The number of amides is 3. The monoisotopic (exact) mass is 262 g/mol. The van der Waals surface area contributed by atoms with Crippen LogP contribution < -0.4 is 10.6 Å². The maximum Gasteiger partial charge on any atom is 0.255 e. The van der Waals surface area contributed by atoms with Gasteiger partial charge in [0.05, 0.1) is 0 Å². The minimum absolute atomic E-state index is 0.122. The molecule has 7 heteroatoms. The minimum atomic E-state index is -0.670. The SMILES string of the molecule is CNc1cc(C(=O)N2CC(=O)NC(=O)C2C)ccn1. The molecule has 1 aliphatic heterocycles. The first kappa shape index (κ1) is 13.0. The fraction of sp³-hybridized carbons (Fsp3) is 0.333. The molecule has 0 saturated carbocycles. The average Bonchev–Trinajstić information content (AvgIpc) is 2.42. The molecule has 0 spiro atoms. The Morgan fingerprint density at radius 3 is 2.95 bits per heavy atom. The first-order valence-corrected chi connectivity index (χ1v) is 5.81. The van der Waals surface area contributed by atoms with Gasteiger partial charge in [-0.2, -0.15) is 0 Å². The van der Waals surface area contributed by atoms with E-state index >= 15 is 0 Å². The molecule has 0 aromatic carbocycles. The summed E-state index contributed by atoms with van der Waals surface area (Å²) < 4.78 is 0. The molecule has 3 amide bonds. The second kappa shape index (κ2) is 5.05. The molecule has 1 fully saturated rings. The van der Waals surface area contributed by atoms with Crippen LogP contribution in [0.25, 0.3) is 0 Å². The normalized spacial score (nSPS) is 19.1. The van der Waals surface area contributed by atoms with E-state index < -0.39 is 17.9 Å². The van der Waals surface area contributed by atoms with Crippen LogP contribution in [0.4, 0.5) is 5.82 Å². The Hall–Kier alpha value is -2.44. The summed E-state index contributed by atoms with van der Waals surface area (Å²) in [5.41, 5.74) is 0.383. The van der Waals surface area contributed by atoms with Crippen molar-refractivity contribution in [3.05, 3.63) is 23.9 Å². The number of rotatable bonds is 2. The third kappa shape index (κ3) is 2.54. The van der Waals surface area contributed by atoms with Gasteiger partial charge < -0.3 is 10.2 Å². The zero-order valence-electron chi connectivity index (χ0n) is 10.6. The smallest absolute Gasteiger partial charge is 0.255 e. The second-order valence-electron chi connectivity index (χ2n) is 4.20. The molecular weight excluding hydrogens is 248 g/mol. The molecule has 100 valence electrons. The maximum atomic E-state index is 12.3. The van der Waals surface area contributed by atoms with Gasteiger partial charge in [-0.05, 0) is 19.1 Å². The van der Waals surface area contributed by atoms with Crippen molar-refractivity contribution in [1.29, 1.82) is 0 Å². The highest BCUT2D eigenvalue weighted by molar-refractivity contribution is 6.07. The lowest BCUT2D eigenvalue weighted by atomic mass is 10.1. The van der Waals surface area contributed by atoms with Crippen molar-refractivity contribution in [2.24, 2.45) is 0 Å². The first-order chi connectivity index (χ1) is 9.02. The molecule has 7 nitrogen and oxygen atoms in total. The van der Waals surface area contributed by atoms with Crippen LogP contribution in [0.2, 0.25) is 0 Å². The quantitative estimate of drug-likeness (QED) is 0.708. The Morgan fingerprint density at radius 2 is 2.26 bits per heavy atom. The van der Waals surface area contributed by atoms with Crippen LogP contribution in [0.3, 0.4) is 0 Å². The van der Waals surface area contributed by atoms with Gasteiger partial charge in [0.25, 0.3) is 5.91 Å². The Labute approximate surface area is 110 Å². The van der Waals surface area contributed by atoms with E-state index in [1.54, 1.807) is 26.1 Å². The van der Waals surface area contributed by atoms with Crippen molar-refractivity contribution in [2.75, 3.05) is 18.9 Å². The number of nitrogens with one attached hydrogen (secondary N) is 2. The van der Waals surface area contributed by atoms with E-state index in [0.29, 0.717) is 11.4 Å². The highest BCUT2D eigenvalue weighted by atomic mass is 16.2. The molecule has 2 heterocycles.